The maximum Gasteiger partial charge on any atom is 0.435 e. The molecule has 1 aromatic rings. The van der Waals surface area contributed by atoms with Crippen molar-refractivity contribution in [2.45, 2.75) is 44.8 Å². The van der Waals surface area contributed by atoms with Crippen LogP contribution < -0.4 is 5.32 Å². The summed E-state index contributed by atoms with van der Waals surface area (Å²) >= 11 is 5.73. The van der Waals surface area contributed by atoms with Gasteiger partial charge in [-0.05, 0) is 20.8 Å². The Bertz CT molecular complexity index is 599. The highest BCUT2D eigenvalue weighted by atomic mass is 35.5. The highest BCUT2D eigenvalue weighted by molar-refractivity contribution is 6.30. The molecule has 0 saturated heterocycles. The molecule has 0 aromatic carbocycles. The standard InChI is InChI=1S/C13H19ClF3N3O4/c1-12(2,3)24-11(23)18-5-6(21)8(22)7-9(13(15,16)17)19-20(4)10(7)14/h6,8,21-22H,5H2,1-4H3,(H,18,23). The maximum absolute atomic E-state index is 12.9. The highest BCUT2D eigenvalue weighted by Crippen LogP contribution is 2.38. The third-order valence-corrected chi connectivity index (χ3v) is 3.24. The summed E-state index contributed by atoms with van der Waals surface area (Å²) in [6.45, 7) is 4.30. The summed E-state index contributed by atoms with van der Waals surface area (Å²) in [4.78, 5) is 11.5. The molecule has 2 unspecified atom stereocenters. The molecule has 7 nitrogen and oxygen atoms in total. The van der Waals surface area contributed by atoms with Crippen molar-refractivity contribution in [3.05, 3.63) is 16.4 Å². The van der Waals surface area contributed by atoms with Crippen LogP contribution in [0.5, 0.6) is 0 Å². The minimum absolute atomic E-state index is 0.467. The SMILES string of the molecule is Cn1nc(C(F)(F)F)c(C(O)C(O)CNC(=O)OC(C)(C)C)c1Cl. The van der Waals surface area contributed by atoms with Crippen LogP contribution in [0.25, 0.3) is 0 Å². The Kier molecular flexibility index (Phi) is 6.12. The van der Waals surface area contributed by atoms with Crippen LogP contribution in [0.1, 0.15) is 38.1 Å². The molecule has 0 aliphatic heterocycles. The van der Waals surface area contributed by atoms with Crippen molar-refractivity contribution < 1.29 is 32.9 Å². The molecule has 1 aromatic heterocycles. The average molecular weight is 374 g/mol. The zero-order valence-electron chi connectivity index (χ0n) is 13.5. The Morgan fingerprint density at radius 1 is 1.38 bits per heavy atom. The normalized spacial score (nSPS) is 15.1. The number of halogens is 4. The molecule has 11 heteroatoms. The number of rotatable bonds is 4. The summed E-state index contributed by atoms with van der Waals surface area (Å²) in [5.74, 6) is 0. The van der Waals surface area contributed by atoms with Crippen molar-refractivity contribution >= 4 is 17.7 Å². The Morgan fingerprint density at radius 3 is 2.38 bits per heavy atom. The number of carbonyl (C=O) groups excluding carboxylic acids is 1. The summed E-state index contributed by atoms with van der Waals surface area (Å²) in [6.07, 6.45) is -9.50. The number of aromatic nitrogens is 2. The zero-order chi connectivity index (χ0) is 18.9. The summed E-state index contributed by atoms with van der Waals surface area (Å²) in [5.41, 5.74) is -2.95. The lowest BCUT2D eigenvalue weighted by Gasteiger charge is -2.22. The second-order valence-electron chi connectivity index (χ2n) is 6.07. The fourth-order valence-corrected chi connectivity index (χ4v) is 2.04. The van der Waals surface area contributed by atoms with E-state index in [4.69, 9.17) is 16.3 Å². The second-order valence-corrected chi connectivity index (χ2v) is 6.43. The van der Waals surface area contributed by atoms with Crippen molar-refractivity contribution in [3.63, 3.8) is 0 Å². The first-order valence-electron chi connectivity index (χ1n) is 6.86. The molecular formula is C13H19ClF3N3O4. The Labute approximate surface area is 141 Å². The zero-order valence-corrected chi connectivity index (χ0v) is 14.2. The third-order valence-electron chi connectivity index (χ3n) is 2.79. The number of carbonyl (C=O) groups is 1. The van der Waals surface area contributed by atoms with E-state index in [-0.39, 0.29) is 0 Å². The molecule has 1 heterocycles. The van der Waals surface area contributed by atoms with E-state index in [1.54, 1.807) is 20.8 Å². The number of hydrogen-bond acceptors (Lipinski definition) is 5. The summed E-state index contributed by atoms with van der Waals surface area (Å²) in [5, 5.41) is 24.7. The van der Waals surface area contributed by atoms with Crippen LogP contribution in [-0.2, 0) is 18.0 Å². The van der Waals surface area contributed by atoms with Crippen molar-refractivity contribution in [1.82, 2.24) is 15.1 Å². The van der Waals surface area contributed by atoms with Gasteiger partial charge in [0.05, 0.1) is 5.56 Å². The van der Waals surface area contributed by atoms with Crippen LogP contribution >= 0.6 is 11.6 Å². The van der Waals surface area contributed by atoms with E-state index in [0.29, 0.717) is 0 Å². The van der Waals surface area contributed by atoms with Gasteiger partial charge >= 0.3 is 12.3 Å². The molecule has 0 bridgehead atoms. The first kappa shape index (κ1) is 20.5. The van der Waals surface area contributed by atoms with E-state index in [1.165, 1.54) is 7.05 Å². The number of aryl methyl sites for hydroxylation is 1. The molecule has 24 heavy (non-hydrogen) atoms. The molecular weight excluding hydrogens is 355 g/mol. The van der Waals surface area contributed by atoms with Gasteiger partial charge in [-0.25, -0.2) is 4.79 Å². The third kappa shape index (κ3) is 5.25. The predicted octanol–water partition coefficient (Wildman–Crippen LogP) is 2.01. The number of ether oxygens (including phenoxy) is 1. The van der Waals surface area contributed by atoms with Crippen LogP contribution in [0, 0.1) is 0 Å². The number of nitrogens with one attached hydrogen (secondary N) is 1. The second kappa shape index (κ2) is 7.16. The van der Waals surface area contributed by atoms with E-state index in [2.05, 4.69) is 10.4 Å². The lowest BCUT2D eigenvalue weighted by molar-refractivity contribution is -0.143. The van der Waals surface area contributed by atoms with Crippen LogP contribution in [0.4, 0.5) is 18.0 Å². The van der Waals surface area contributed by atoms with Crippen molar-refractivity contribution in [2.75, 3.05) is 6.54 Å². The topological polar surface area (TPSA) is 96.6 Å². The molecule has 1 amide bonds. The van der Waals surface area contributed by atoms with Gasteiger partial charge in [-0.3, -0.25) is 4.68 Å². The number of alkyl carbamates (subject to hydrolysis) is 1. The molecule has 138 valence electrons. The maximum atomic E-state index is 12.9. The van der Waals surface area contributed by atoms with Gasteiger partial charge in [0.1, 0.15) is 23.0 Å². The van der Waals surface area contributed by atoms with Crippen LogP contribution in [-0.4, -0.2) is 44.3 Å². The Balaban J connectivity index is 2.87. The number of alkyl halides is 3. The van der Waals surface area contributed by atoms with E-state index < -0.39 is 53.0 Å². The van der Waals surface area contributed by atoms with Gasteiger partial charge < -0.3 is 20.3 Å². The van der Waals surface area contributed by atoms with E-state index in [1.807, 2.05) is 0 Å². The molecule has 0 aliphatic carbocycles. The molecule has 0 fully saturated rings. The van der Waals surface area contributed by atoms with Crippen LogP contribution in [0.15, 0.2) is 0 Å². The molecule has 0 saturated carbocycles. The molecule has 1 rings (SSSR count). The van der Waals surface area contributed by atoms with Crippen molar-refractivity contribution in [2.24, 2.45) is 7.05 Å². The Hall–Kier alpha value is -1.52. The first-order valence-corrected chi connectivity index (χ1v) is 7.24. The largest absolute Gasteiger partial charge is 0.444 e. The van der Waals surface area contributed by atoms with Gasteiger partial charge in [-0.2, -0.15) is 18.3 Å². The van der Waals surface area contributed by atoms with Crippen molar-refractivity contribution in [3.8, 4) is 0 Å². The quantitative estimate of drug-likeness (QED) is 0.750. The number of aliphatic hydroxyl groups excluding tert-OH is 2. The molecule has 0 aliphatic rings. The summed E-state index contributed by atoms with van der Waals surface area (Å²) in [6, 6.07) is 0. The van der Waals surface area contributed by atoms with Gasteiger partial charge in [0.2, 0.25) is 0 Å². The van der Waals surface area contributed by atoms with Crippen molar-refractivity contribution in [1.29, 1.82) is 0 Å². The molecule has 0 radical (unpaired) electrons. The monoisotopic (exact) mass is 373 g/mol. The molecule has 0 spiro atoms. The lowest BCUT2D eigenvalue weighted by Crippen LogP contribution is -2.39. The van der Waals surface area contributed by atoms with Crippen LogP contribution in [0.3, 0.4) is 0 Å². The van der Waals surface area contributed by atoms with Gasteiger partial charge in [-0.1, -0.05) is 11.6 Å². The summed E-state index contributed by atoms with van der Waals surface area (Å²) < 4.78 is 44.5. The van der Waals surface area contributed by atoms with E-state index >= 15 is 0 Å². The predicted molar refractivity (Wildman–Crippen MR) is 78.4 cm³/mol. The van der Waals surface area contributed by atoms with Gasteiger partial charge in [0.15, 0.2) is 5.69 Å². The Morgan fingerprint density at radius 2 is 1.92 bits per heavy atom. The van der Waals surface area contributed by atoms with Gasteiger partial charge in [0.25, 0.3) is 0 Å². The minimum atomic E-state index is -4.86. The van der Waals surface area contributed by atoms with Gasteiger partial charge in [0, 0.05) is 13.6 Å². The molecule has 3 N–H and O–H groups in total. The van der Waals surface area contributed by atoms with Crippen LogP contribution in [0.2, 0.25) is 5.15 Å². The lowest BCUT2D eigenvalue weighted by atomic mass is 10.0. The number of nitrogens with zero attached hydrogens (tertiary/aromatic N) is 2. The van der Waals surface area contributed by atoms with Gasteiger partial charge in [-0.15, -0.1) is 0 Å². The van der Waals surface area contributed by atoms with E-state index in [9.17, 15) is 28.2 Å². The minimum Gasteiger partial charge on any atom is -0.444 e. The molecule has 2 atom stereocenters. The summed E-state index contributed by atoms with van der Waals surface area (Å²) in [7, 11) is 1.17. The fourth-order valence-electron chi connectivity index (χ4n) is 1.80. The first-order chi connectivity index (χ1) is 10.7. The number of hydrogen-bond donors (Lipinski definition) is 3. The fraction of sp³-hybridized carbons (Fsp3) is 0.692. The number of amides is 1. The average Bonchev–Trinajstić information content (AvgIpc) is 2.69. The number of aliphatic hydroxyl groups is 2. The smallest absolute Gasteiger partial charge is 0.435 e. The van der Waals surface area contributed by atoms with E-state index in [0.717, 1.165) is 4.68 Å². The highest BCUT2D eigenvalue weighted by Gasteiger charge is 2.42.